The minimum absolute atomic E-state index is 0.104. The van der Waals surface area contributed by atoms with Gasteiger partial charge in [0.1, 0.15) is 4.88 Å². The van der Waals surface area contributed by atoms with Gasteiger partial charge in [-0.2, -0.15) is 4.98 Å². The van der Waals surface area contributed by atoms with Gasteiger partial charge in [0.25, 0.3) is 5.89 Å². The lowest BCUT2D eigenvalue weighted by molar-refractivity contribution is 0.303. The monoisotopic (exact) mass is 239 g/mol. The first-order valence-corrected chi connectivity index (χ1v) is 5.63. The van der Waals surface area contributed by atoms with E-state index in [0.29, 0.717) is 11.7 Å². The summed E-state index contributed by atoms with van der Waals surface area (Å²) in [6.07, 6.45) is 1.59. The maximum atomic E-state index is 6.03. The number of hydrogen-bond acceptors (Lipinski definition) is 7. The smallest absolute Gasteiger partial charge is 0.271 e. The topological polar surface area (TPSA) is 90.7 Å². The molecule has 7 heteroatoms. The molecule has 0 spiro atoms. The molecule has 0 saturated carbocycles. The van der Waals surface area contributed by atoms with Gasteiger partial charge in [-0.1, -0.05) is 30.4 Å². The van der Waals surface area contributed by atoms with E-state index >= 15 is 0 Å². The van der Waals surface area contributed by atoms with Crippen LogP contribution in [0.25, 0.3) is 10.8 Å². The van der Waals surface area contributed by atoms with Crippen LogP contribution in [-0.4, -0.2) is 19.7 Å². The molecule has 2 aromatic heterocycles. The summed E-state index contributed by atoms with van der Waals surface area (Å²) in [7, 11) is 0. The van der Waals surface area contributed by atoms with Crippen LogP contribution in [0.2, 0.25) is 0 Å². The van der Waals surface area contributed by atoms with Crippen molar-refractivity contribution in [3.8, 4) is 10.8 Å². The lowest BCUT2D eigenvalue weighted by atomic mass is 9.87. The fourth-order valence-corrected chi connectivity index (χ4v) is 1.55. The SMILES string of the molecule is CC(C)(C)C(N)c1noc(-c2cnns2)n1. The standard InChI is InChI=1S/C9H13N5OS/c1-9(2,3)6(10)7-12-8(15-13-7)5-4-11-14-16-5/h4,6H,10H2,1-3H3. The van der Waals surface area contributed by atoms with Crippen LogP contribution < -0.4 is 5.73 Å². The van der Waals surface area contributed by atoms with Crippen LogP contribution in [0.4, 0.5) is 0 Å². The Hall–Kier alpha value is -1.34. The Morgan fingerprint density at radius 3 is 2.75 bits per heavy atom. The molecule has 16 heavy (non-hydrogen) atoms. The van der Waals surface area contributed by atoms with Gasteiger partial charge in [-0.15, -0.1) is 5.10 Å². The molecule has 0 radical (unpaired) electrons. The Labute approximate surface area is 97.0 Å². The molecule has 6 nitrogen and oxygen atoms in total. The van der Waals surface area contributed by atoms with Crippen LogP contribution in [0.15, 0.2) is 10.7 Å². The third-order valence-corrected chi connectivity index (χ3v) is 2.88. The normalized spacial score (nSPS) is 14.0. The molecule has 86 valence electrons. The average molecular weight is 239 g/mol. The molecule has 0 aliphatic rings. The Balaban J connectivity index is 2.27. The van der Waals surface area contributed by atoms with Crippen molar-refractivity contribution in [2.45, 2.75) is 26.8 Å². The van der Waals surface area contributed by atoms with Crippen LogP contribution >= 0.6 is 11.5 Å². The summed E-state index contributed by atoms with van der Waals surface area (Å²) in [5, 5.41) is 7.59. The first-order chi connectivity index (χ1) is 7.48. The summed E-state index contributed by atoms with van der Waals surface area (Å²) in [5.74, 6) is 0.931. The molecular formula is C9H13N5OS. The van der Waals surface area contributed by atoms with Gasteiger partial charge in [0.05, 0.1) is 12.2 Å². The molecule has 0 aromatic carbocycles. The number of aromatic nitrogens is 4. The summed E-state index contributed by atoms with van der Waals surface area (Å²) in [6, 6.07) is -0.258. The Bertz CT molecular complexity index is 458. The number of nitrogens with zero attached hydrogens (tertiary/aromatic N) is 4. The van der Waals surface area contributed by atoms with Crippen LogP contribution in [0.3, 0.4) is 0 Å². The molecule has 0 aliphatic carbocycles. The molecule has 0 fully saturated rings. The zero-order valence-electron chi connectivity index (χ0n) is 9.34. The number of hydrogen-bond donors (Lipinski definition) is 1. The molecule has 1 atom stereocenters. The summed E-state index contributed by atoms with van der Waals surface area (Å²) in [6.45, 7) is 6.09. The van der Waals surface area contributed by atoms with Gasteiger partial charge in [0, 0.05) is 0 Å². The van der Waals surface area contributed by atoms with Gasteiger partial charge in [0.15, 0.2) is 5.82 Å². The minimum Gasteiger partial charge on any atom is -0.333 e. The van der Waals surface area contributed by atoms with Crippen LogP contribution in [0, 0.1) is 5.41 Å². The molecule has 2 aromatic rings. The molecule has 0 bridgehead atoms. The summed E-state index contributed by atoms with van der Waals surface area (Å²) < 4.78 is 8.85. The third-order valence-electron chi connectivity index (χ3n) is 2.23. The highest BCUT2D eigenvalue weighted by Gasteiger charge is 2.27. The van der Waals surface area contributed by atoms with E-state index < -0.39 is 0 Å². The highest BCUT2D eigenvalue weighted by molar-refractivity contribution is 7.09. The fraction of sp³-hybridized carbons (Fsp3) is 0.556. The van der Waals surface area contributed by atoms with Crippen LogP contribution in [0.5, 0.6) is 0 Å². The molecule has 2 N–H and O–H groups in total. The minimum atomic E-state index is -0.258. The summed E-state index contributed by atoms with van der Waals surface area (Å²) >= 11 is 1.21. The second-order valence-corrected chi connectivity index (χ2v) is 5.37. The summed E-state index contributed by atoms with van der Waals surface area (Å²) in [5.41, 5.74) is 5.92. The Kier molecular flexibility index (Phi) is 2.73. The van der Waals surface area contributed by atoms with E-state index in [1.807, 2.05) is 20.8 Å². The molecule has 2 heterocycles. The second-order valence-electron chi connectivity index (χ2n) is 4.58. The molecule has 2 rings (SSSR count). The zero-order chi connectivity index (χ0) is 11.8. The van der Waals surface area contributed by atoms with Crippen molar-refractivity contribution in [1.82, 2.24) is 19.7 Å². The first-order valence-electron chi connectivity index (χ1n) is 4.85. The van der Waals surface area contributed by atoms with Crippen molar-refractivity contribution >= 4 is 11.5 Å². The highest BCUT2D eigenvalue weighted by atomic mass is 32.1. The van der Waals surface area contributed by atoms with E-state index in [1.54, 1.807) is 6.20 Å². The predicted molar refractivity (Wildman–Crippen MR) is 59.6 cm³/mol. The Morgan fingerprint density at radius 1 is 1.44 bits per heavy atom. The first kappa shape index (κ1) is 11.2. The lowest BCUT2D eigenvalue weighted by Crippen LogP contribution is -2.27. The molecule has 0 saturated heterocycles. The third kappa shape index (κ3) is 2.10. The van der Waals surface area contributed by atoms with E-state index in [1.165, 1.54) is 11.5 Å². The van der Waals surface area contributed by atoms with Gasteiger partial charge >= 0.3 is 0 Å². The van der Waals surface area contributed by atoms with E-state index in [9.17, 15) is 0 Å². The molecule has 0 aliphatic heterocycles. The fourth-order valence-electron chi connectivity index (χ4n) is 1.11. The van der Waals surface area contributed by atoms with Crippen LogP contribution in [0.1, 0.15) is 32.6 Å². The quantitative estimate of drug-likeness (QED) is 0.856. The van der Waals surface area contributed by atoms with Gasteiger partial charge in [-0.3, -0.25) is 0 Å². The lowest BCUT2D eigenvalue weighted by Gasteiger charge is -2.23. The molecule has 0 amide bonds. The van der Waals surface area contributed by atoms with Crippen molar-refractivity contribution in [3.63, 3.8) is 0 Å². The van der Waals surface area contributed by atoms with Crippen molar-refractivity contribution in [3.05, 3.63) is 12.0 Å². The van der Waals surface area contributed by atoms with Crippen molar-refractivity contribution in [2.75, 3.05) is 0 Å². The van der Waals surface area contributed by atoms with Crippen molar-refractivity contribution in [2.24, 2.45) is 11.1 Å². The van der Waals surface area contributed by atoms with Gasteiger partial charge in [-0.25, -0.2) is 0 Å². The van der Waals surface area contributed by atoms with E-state index in [0.717, 1.165) is 4.88 Å². The second kappa shape index (κ2) is 3.91. The molecular weight excluding hydrogens is 226 g/mol. The maximum Gasteiger partial charge on any atom is 0.271 e. The van der Waals surface area contributed by atoms with Gasteiger partial charge in [0.2, 0.25) is 0 Å². The maximum absolute atomic E-state index is 6.03. The zero-order valence-corrected chi connectivity index (χ0v) is 10.2. The largest absolute Gasteiger partial charge is 0.333 e. The Morgan fingerprint density at radius 2 is 2.19 bits per heavy atom. The van der Waals surface area contributed by atoms with Crippen LogP contribution in [-0.2, 0) is 0 Å². The highest BCUT2D eigenvalue weighted by Crippen LogP contribution is 2.30. The van der Waals surface area contributed by atoms with E-state index in [4.69, 9.17) is 10.3 Å². The number of nitrogens with two attached hydrogens (primary N) is 1. The number of rotatable bonds is 2. The average Bonchev–Trinajstić information content (AvgIpc) is 2.85. The molecule has 1 unspecified atom stereocenters. The van der Waals surface area contributed by atoms with E-state index in [2.05, 4.69) is 19.7 Å². The van der Waals surface area contributed by atoms with E-state index in [-0.39, 0.29) is 11.5 Å². The van der Waals surface area contributed by atoms with Gasteiger partial charge < -0.3 is 10.3 Å². The van der Waals surface area contributed by atoms with Crippen molar-refractivity contribution in [1.29, 1.82) is 0 Å². The van der Waals surface area contributed by atoms with Gasteiger partial charge in [-0.05, 0) is 16.9 Å². The van der Waals surface area contributed by atoms with Crippen molar-refractivity contribution < 1.29 is 4.52 Å². The summed E-state index contributed by atoms with van der Waals surface area (Å²) in [4.78, 5) is 5.00. The predicted octanol–water partition coefficient (Wildman–Crippen LogP) is 1.63.